The third-order valence-electron chi connectivity index (χ3n) is 3.98. The molecule has 0 radical (unpaired) electrons. The highest BCUT2D eigenvalue weighted by atomic mass is 32.1. The summed E-state index contributed by atoms with van der Waals surface area (Å²) in [6.45, 7) is 0.518. The highest BCUT2D eigenvalue weighted by Crippen LogP contribution is 2.41. The molecular formula is C17H17N5OS. The lowest BCUT2D eigenvalue weighted by atomic mass is 10.2. The van der Waals surface area contributed by atoms with E-state index in [9.17, 15) is 4.79 Å². The van der Waals surface area contributed by atoms with E-state index in [2.05, 4.69) is 25.5 Å². The van der Waals surface area contributed by atoms with Crippen LogP contribution in [0.5, 0.6) is 0 Å². The number of carbonyl (C=O) groups is 1. The van der Waals surface area contributed by atoms with Gasteiger partial charge in [0.1, 0.15) is 10.7 Å². The van der Waals surface area contributed by atoms with E-state index in [0.29, 0.717) is 24.7 Å². The Morgan fingerprint density at radius 3 is 2.92 bits per heavy atom. The molecule has 1 aromatic carbocycles. The summed E-state index contributed by atoms with van der Waals surface area (Å²) in [5.74, 6) is 1.89. The Morgan fingerprint density at radius 1 is 1.29 bits per heavy atom. The minimum atomic E-state index is -0.0396. The first-order valence-electron chi connectivity index (χ1n) is 7.99. The molecule has 6 nitrogen and oxygen atoms in total. The number of aromatic nitrogens is 4. The zero-order valence-corrected chi connectivity index (χ0v) is 13.8. The van der Waals surface area contributed by atoms with E-state index in [4.69, 9.17) is 0 Å². The van der Waals surface area contributed by atoms with Gasteiger partial charge in [0.05, 0.1) is 11.2 Å². The molecule has 2 aromatic heterocycles. The van der Waals surface area contributed by atoms with Gasteiger partial charge in [0.25, 0.3) is 5.91 Å². The second kappa shape index (κ2) is 6.52. The Hall–Kier alpha value is -2.54. The smallest absolute Gasteiger partial charge is 0.263 e. The van der Waals surface area contributed by atoms with Crippen LogP contribution in [0.3, 0.4) is 0 Å². The number of nitrogens with one attached hydrogen (secondary N) is 2. The van der Waals surface area contributed by atoms with Crippen molar-refractivity contribution >= 4 is 17.2 Å². The van der Waals surface area contributed by atoms with Crippen molar-refractivity contribution in [1.82, 2.24) is 25.5 Å². The molecule has 0 atom stereocenters. The maximum atomic E-state index is 12.3. The molecule has 1 saturated carbocycles. The number of amides is 1. The molecule has 1 aliphatic rings. The molecule has 0 unspecified atom stereocenters. The van der Waals surface area contributed by atoms with Crippen molar-refractivity contribution < 1.29 is 4.79 Å². The number of benzene rings is 1. The SMILES string of the molecule is O=C(NCCc1nc(-c2ccccc2)n[nH]1)c1scnc1C1CC1. The van der Waals surface area contributed by atoms with Crippen LogP contribution >= 0.6 is 11.3 Å². The molecule has 0 bridgehead atoms. The average molecular weight is 339 g/mol. The number of hydrogen-bond acceptors (Lipinski definition) is 5. The molecule has 2 N–H and O–H groups in total. The van der Waals surface area contributed by atoms with Crippen LogP contribution in [0.4, 0.5) is 0 Å². The van der Waals surface area contributed by atoms with Gasteiger partial charge in [0.15, 0.2) is 5.82 Å². The summed E-state index contributed by atoms with van der Waals surface area (Å²) in [7, 11) is 0. The van der Waals surface area contributed by atoms with Crippen molar-refractivity contribution in [2.24, 2.45) is 0 Å². The molecule has 2 heterocycles. The zero-order chi connectivity index (χ0) is 16.4. The number of aromatic amines is 1. The van der Waals surface area contributed by atoms with Gasteiger partial charge in [0, 0.05) is 24.4 Å². The molecule has 1 amide bonds. The predicted octanol–water partition coefficient (Wildman–Crippen LogP) is 2.78. The third kappa shape index (κ3) is 3.21. The van der Waals surface area contributed by atoms with Crippen LogP contribution in [0.2, 0.25) is 0 Å². The van der Waals surface area contributed by atoms with Gasteiger partial charge in [-0.05, 0) is 12.8 Å². The minimum absolute atomic E-state index is 0.0396. The Bertz CT molecular complexity index is 838. The maximum Gasteiger partial charge on any atom is 0.263 e. The fourth-order valence-corrected chi connectivity index (χ4v) is 3.36. The topological polar surface area (TPSA) is 83.6 Å². The summed E-state index contributed by atoms with van der Waals surface area (Å²) in [6, 6.07) is 9.81. The lowest BCUT2D eigenvalue weighted by Crippen LogP contribution is -2.26. The van der Waals surface area contributed by atoms with Crippen molar-refractivity contribution in [3.63, 3.8) is 0 Å². The first-order chi connectivity index (χ1) is 11.8. The number of hydrogen-bond donors (Lipinski definition) is 2. The van der Waals surface area contributed by atoms with Crippen LogP contribution in [0.15, 0.2) is 35.8 Å². The zero-order valence-electron chi connectivity index (χ0n) is 13.0. The maximum absolute atomic E-state index is 12.3. The highest BCUT2D eigenvalue weighted by Gasteiger charge is 2.30. The van der Waals surface area contributed by atoms with E-state index in [1.165, 1.54) is 11.3 Å². The van der Waals surface area contributed by atoms with Gasteiger partial charge >= 0.3 is 0 Å². The van der Waals surface area contributed by atoms with Gasteiger partial charge in [-0.3, -0.25) is 9.89 Å². The summed E-state index contributed by atoms with van der Waals surface area (Å²) in [6.07, 6.45) is 2.90. The molecule has 0 aliphatic heterocycles. The monoisotopic (exact) mass is 339 g/mol. The molecule has 1 aliphatic carbocycles. The Morgan fingerprint density at radius 2 is 2.12 bits per heavy atom. The fourth-order valence-electron chi connectivity index (χ4n) is 2.57. The summed E-state index contributed by atoms with van der Waals surface area (Å²) < 4.78 is 0. The molecule has 4 rings (SSSR count). The van der Waals surface area contributed by atoms with Gasteiger partial charge in [0.2, 0.25) is 0 Å². The number of H-pyrrole nitrogens is 1. The molecule has 3 aromatic rings. The van der Waals surface area contributed by atoms with Crippen LogP contribution in [-0.4, -0.2) is 32.6 Å². The number of rotatable bonds is 6. The van der Waals surface area contributed by atoms with Gasteiger partial charge < -0.3 is 5.32 Å². The lowest BCUT2D eigenvalue weighted by molar-refractivity contribution is 0.0957. The number of thiazole rings is 1. The average Bonchev–Trinajstić information content (AvgIpc) is 3.15. The number of carbonyl (C=O) groups excluding carboxylic acids is 1. The van der Waals surface area contributed by atoms with Crippen molar-refractivity contribution in [3.8, 4) is 11.4 Å². The third-order valence-corrected chi connectivity index (χ3v) is 4.82. The predicted molar refractivity (Wildman–Crippen MR) is 91.9 cm³/mol. The standard InChI is InChI=1S/C17H17N5OS/c23-17(15-14(11-6-7-11)19-10-24-15)18-9-8-13-20-16(22-21-13)12-4-2-1-3-5-12/h1-5,10-11H,6-9H2,(H,18,23)(H,20,21,22). The second-order valence-corrected chi connectivity index (χ2v) is 6.67. The summed E-state index contributed by atoms with van der Waals surface area (Å²) in [4.78, 5) is 21.8. The van der Waals surface area contributed by atoms with E-state index in [0.717, 1.165) is 34.8 Å². The Labute approximate surface area is 143 Å². The van der Waals surface area contributed by atoms with Crippen LogP contribution in [0.1, 0.15) is 39.9 Å². The van der Waals surface area contributed by atoms with E-state index < -0.39 is 0 Å². The fraction of sp³-hybridized carbons (Fsp3) is 0.294. The Balaban J connectivity index is 1.33. The quantitative estimate of drug-likeness (QED) is 0.723. The highest BCUT2D eigenvalue weighted by molar-refractivity contribution is 7.11. The lowest BCUT2D eigenvalue weighted by Gasteiger charge is -2.03. The second-order valence-electron chi connectivity index (χ2n) is 5.82. The molecule has 122 valence electrons. The Kier molecular flexibility index (Phi) is 4.08. The van der Waals surface area contributed by atoms with E-state index >= 15 is 0 Å². The summed E-state index contributed by atoms with van der Waals surface area (Å²) in [5.41, 5.74) is 3.69. The molecule has 24 heavy (non-hydrogen) atoms. The van der Waals surface area contributed by atoms with Crippen molar-refractivity contribution in [1.29, 1.82) is 0 Å². The van der Waals surface area contributed by atoms with Gasteiger partial charge in [-0.25, -0.2) is 9.97 Å². The molecule has 7 heteroatoms. The van der Waals surface area contributed by atoms with E-state index in [1.807, 2.05) is 30.3 Å². The van der Waals surface area contributed by atoms with Crippen molar-refractivity contribution in [2.75, 3.05) is 6.54 Å². The largest absolute Gasteiger partial charge is 0.351 e. The van der Waals surface area contributed by atoms with Gasteiger partial charge in [-0.1, -0.05) is 30.3 Å². The van der Waals surface area contributed by atoms with Crippen LogP contribution in [-0.2, 0) is 6.42 Å². The molecule has 1 fully saturated rings. The first-order valence-corrected chi connectivity index (χ1v) is 8.87. The first kappa shape index (κ1) is 15.0. The number of nitrogens with zero attached hydrogens (tertiary/aromatic N) is 3. The normalized spacial score (nSPS) is 13.8. The minimum Gasteiger partial charge on any atom is -0.351 e. The summed E-state index contributed by atoms with van der Waals surface area (Å²) in [5, 5.41) is 10.1. The van der Waals surface area contributed by atoms with Crippen molar-refractivity contribution in [3.05, 3.63) is 52.2 Å². The molecule has 0 saturated heterocycles. The van der Waals surface area contributed by atoms with Crippen molar-refractivity contribution in [2.45, 2.75) is 25.2 Å². The van der Waals surface area contributed by atoms with Gasteiger partial charge in [-0.15, -0.1) is 11.3 Å². The van der Waals surface area contributed by atoms with Gasteiger partial charge in [-0.2, -0.15) is 5.10 Å². The van der Waals surface area contributed by atoms with Crippen LogP contribution < -0.4 is 5.32 Å². The summed E-state index contributed by atoms with van der Waals surface area (Å²) >= 11 is 1.41. The van der Waals surface area contributed by atoms with Crippen LogP contribution in [0.25, 0.3) is 11.4 Å². The van der Waals surface area contributed by atoms with E-state index in [-0.39, 0.29) is 5.91 Å². The van der Waals surface area contributed by atoms with E-state index in [1.54, 1.807) is 5.51 Å². The molecule has 0 spiro atoms. The van der Waals surface area contributed by atoms with Crippen LogP contribution in [0, 0.1) is 0 Å². The molecular weight excluding hydrogens is 322 g/mol.